The summed E-state index contributed by atoms with van der Waals surface area (Å²) >= 11 is 6.02. The predicted molar refractivity (Wildman–Crippen MR) is 135 cm³/mol. The van der Waals surface area contributed by atoms with Gasteiger partial charge in [0.25, 0.3) is 5.91 Å². The molecule has 6 aliphatic rings. The maximum Gasteiger partial charge on any atom is 0.254 e. The summed E-state index contributed by atoms with van der Waals surface area (Å²) in [5.74, 6) is 1.16. The van der Waals surface area contributed by atoms with Crippen LogP contribution in [0.25, 0.3) is 0 Å². The largest absolute Gasteiger partial charge is 0.330 e. The third kappa shape index (κ3) is 4.31. The second kappa shape index (κ2) is 9.18. The van der Waals surface area contributed by atoms with Crippen LogP contribution in [0.15, 0.2) is 58.3 Å². The average molecular weight is 514 g/mol. The van der Waals surface area contributed by atoms with Gasteiger partial charge in [0, 0.05) is 35.8 Å². The van der Waals surface area contributed by atoms with Crippen LogP contribution in [-0.2, 0) is 9.84 Å². The fraction of sp³-hybridized carbons (Fsp3) is 0.519. The number of piperidine rings is 6. The lowest BCUT2D eigenvalue weighted by atomic mass is 9.78. The summed E-state index contributed by atoms with van der Waals surface area (Å²) < 4.78 is 26.2. The lowest BCUT2D eigenvalue weighted by molar-refractivity contribution is -0.0498. The number of sulfone groups is 1. The van der Waals surface area contributed by atoms with E-state index >= 15 is 0 Å². The zero-order valence-electron chi connectivity index (χ0n) is 19.9. The molecule has 0 saturated carbocycles. The molecular weight excluding hydrogens is 482 g/mol. The standard InChI is InChI=1S/C27H32ClN3O3S/c28-22-2-1-3-24(16-22)35(33,34)23-6-4-21(5-7-23)27(32)31(25-17-29-12-8-19(25)9-13-29)26-18-30-14-10-20(26)11-15-30/h1-7,16,19-20,25-26H,8-15,17-18H2/t25-,26?/m0/s1. The molecule has 2 aromatic rings. The van der Waals surface area contributed by atoms with Gasteiger partial charge in [-0.2, -0.15) is 0 Å². The molecule has 6 heterocycles. The van der Waals surface area contributed by atoms with E-state index < -0.39 is 9.84 Å². The van der Waals surface area contributed by atoms with Gasteiger partial charge in [-0.3, -0.25) is 4.79 Å². The fourth-order valence-corrected chi connectivity index (χ4v) is 8.30. The molecule has 6 aliphatic heterocycles. The predicted octanol–water partition coefficient (Wildman–Crippen LogP) is 3.80. The third-order valence-electron chi connectivity index (χ3n) is 8.71. The van der Waals surface area contributed by atoms with Gasteiger partial charge in [0.1, 0.15) is 0 Å². The Bertz CT molecular complexity index is 1170. The van der Waals surface area contributed by atoms with Gasteiger partial charge in [0.2, 0.25) is 9.84 Å². The van der Waals surface area contributed by atoms with Crippen LogP contribution in [0.5, 0.6) is 0 Å². The van der Waals surface area contributed by atoms with E-state index in [1.54, 1.807) is 42.5 Å². The first kappa shape index (κ1) is 23.5. The number of rotatable bonds is 5. The molecule has 35 heavy (non-hydrogen) atoms. The Morgan fingerprint density at radius 3 is 1.80 bits per heavy atom. The minimum Gasteiger partial charge on any atom is -0.330 e. The summed E-state index contributed by atoms with van der Waals surface area (Å²) in [5, 5.41) is 0.378. The van der Waals surface area contributed by atoms with Crippen molar-refractivity contribution in [1.29, 1.82) is 0 Å². The van der Waals surface area contributed by atoms with Crippen LogP contribution in [-0.4, -0.2) is 80.4 Å². The molecule has 186 valence electrons. The Labute approximate surface area is 212 Å². The number of hydrogen-bond acceptors (Lipinski definition) is 5. The molecule has 0 aromatic heterocycles. The molecule has 8 heteroatoms. The van der Waals surface area contributed by atoms with E-state index in [4.69, 9.17) is 11.6 Å². The quantitative estimate of drug-likeness (QED) is 0.608. The van der Waals surface area contributed by atoms with Crippen LogP contribution >= 0.6 is 11.6 Å². The maximum atomic E-state index is 14.1. The van der Waals surface area contributed by atoms with Crippen molar-refractivity contribution in [2.45, 2.75) is 47.6 Å². The molecule has 4 bridgehead atoms. The van der Waals surface area contributed by atoms with Crippen LogP contribution in [0, 0.1) is 11.8 Å². The van der Waals surface area contributed by atoms with Crippen molar-refractivity contribution in [1.82, 2.24) is 14.7 Å². The Kier molecular flexibility index (Phi) is 6.16. The van der Waals surface area contributed by atoms with Crippen molar-refractivity contribution in [2.75, 3.05) is 39.3 Å². The highest BCUT2D eigenvalue weighted by Gasteiger charge is 2.46. The lowest BCUT2D eigenvalue weighted by Crippen LogP contribution is -2.66. The number of hydrogen-bond donors (Lipinski definition) is 0. The molecular formula is C27H32ClN3O3S. The van der Waals surface area contributed by atoms with Gasteiger partial charge in [-0.25, -0.2) is 8.42 Å². The number of halogens is 1. The second-order valence-electron chi connectivity index (χ2n) is 10.6. The van der Waals surface area contributed by atoms with Crippen molar-refractivity contribution >= 4 is 27.3 Å². The van der Waals surface area contributed by atoms with Crippen LogP contribution in [0.4, 0.5) is 0 Å². The SMILES string of the molecule is O=C(c1ccc(S(=O)(=O)c2cccc(Cl)c2)cc1)N(C1CN2CCC1CC2)[C@H]1CN2CCC1CC2. The Hall–Kier alpha value is -1.93. The number of fused-ring (bicyclic) bond motifs is 6. The molecule has 1 amide bonds. The molecule has 6 fully saturated rings. The first-order valence-electron chi connectivity index (χ1n) is 12.8. The van der Waals surface area contributed by atoms with E-state index in [1.165, 1.54) is 6.07 Å². The Morgan fingerprint density at radius 2 is 1.34 bits per heavy atom. The monoisotopic (exact) mass is 513 g/mol. The highest BCUT2D eigenvalue weighted by Crippen LogP contribution is 2.38. The lowest BCUT2D eigenvalue weighted by Gasteiger charge is -2.55. The minimum atomic E-state index is -3.70. The van der Waals surface area contributed by atoms with Crippen LogP contribution in [0.2, 0.25) is 5.02 Å². The summed E-state index contributed by atoms with van der Waals surface area (Å²) in [5.41, 5.74) is 0.572. The van der Waals surface area contributed by atoms with Crippen LogP contribution in [0.3, 0.4) is 0 Å². The smallest absolute Gasteiger partial charge is 0.254 e. The van der Waals surface area contributed by atoms with Crippen molar-refractivity contribution in [2.24, 2.45) is 11.8 Å². The van der Waals surface area contributed by atoms with Gasteiger partial charge in [-0.05, 0) is 106 Å². The van der Waals surface area contributed by atoms with Crippen molar-refractivity contribution in [3.63, 3.8) is 0 Å². The highest BCUT2D eigenvalue weighted by atomic mass is 35.5. The molecule has 1 unspecified atom stereocenters. The Balaban J connectivity index is 1.31. The molecule has 2 atom stereocenters. The highest BCUT2D eigenvalue weighted by molar-refractivity contribution is 7.91. The van der Waals surface area contributed by atoms with Gasteiger partial charge in [0.05, 0.1) is 9.79 Å². The summed E-state index contributed by atoms with van der Waals surface area (Å²) in [6, 6.07) is 13.3. The number of carbonyl (C=O) groups is 1. The van der Waals surface area contributed by atoms with E-state index in [-0.39, 0.29) is 27.8 Å². The zero-order valence-corrected chi connectivity index (χ0v) is 21.4. The van der Waals surface area contributed by atoms with Crippen LogP contribution in [0.1, 0.15) is 36.0 Å². The third-order valence-corrected chi connectivity index (χ3v) is 10.7. The number of nitrogens with zero attached hydrogens (tertiary/aromatic N) is 3. The number of carbonyl (C=O) groups excluding carboxylic acids is 1. The first-order valence-corrected chi connectivity index (χ1v) is 14.6. The zero-order chi connectivity index (χ0) is 24.2. The van der Waals surface area contributed by atoms with Gasteiger partial charge in [-0.15, -0.1) is 0 Å². The molecule has 2 aromatic carbocycles. The van der Waals surface area contributed by atoms with Crippen molar-refractivity contribution in [3.8, 4) is 0 Å². The minimum absolute atomic E-state index is 0.0502. The molecule has 0 aliphatic carbocycles. The van der Waals surface area contributed by atoms with Gasteiger partial charge in [0.15, 0.2) is 0 Å². The van der Waals surface area contributed by atoms with Crippen LogP contribution < -0.4 is 0 Å². The van der Waals surface area contributed by atoms with E-state index in [0.717, 1.165) is 65.0 Å². The second-order valence-corrected chi connectivity index (χ2v) is 13.0. The maximum absolute atomic E-state index is 14.1. The normalized spacial score (nSPS) is 31.9. The average Bonchev–Trinajstić information content (AvgIpc) is 2.90. The number of benzene rings is 2. The number of amides is 1. The first-order chi connectivity index (χ1) is 16.9. The molecule has 0 radical (unpaired) electrons. The molecule has 6 saturated heterocycles. The van der Waals surface area contributed by atoms with Gasteiger partial charge >= 0.3 is 0 Å². The summed E-state index contributed by atoms with van der Waals surface area (Å²) in [7, 11) is -3.70. The Morgan fingerprint density at radius 1 is 0.800 bits per heavy atom. The summed E-state index contributed by atoms with van der Waals surface area (Å²) in [4.78, 5) is 21.7. The topological polar surface area (TPSA) is 60.9 Å². The van der Waals surface area contributed by atoms with Crippen molar-refractivity contribution < 1.29 is 13.2 Å². The summed E-state index contributed by atoms with van der Waals surface area (Å²) in [6.07, 6.45) is 4.64. The molecule has 0 spiro atoms. The molecule has 0 N–H and O–H groups in total. The summed E-state index contributed by atoms with van der Waals surface area (Å²) in [6.45, 7) is 6.47. The molecule has 6 nitrogen and oxygen atoms in total. The van der Waals surface area contributed by atoms with E-state index in [2.05, 4.69) is 14.7 Å². The van der Waals surface area contributed by atoms with E-state index in [0.29, 0.717) is 22.4 Å². The van der Waals surface area contributed by atoms with Crippen molar-refractivity contribution in [3.05, 3.63) is 59.1 Å². The fourth-order valence-electron chi connectivity index (χ4n) is 6.74. The van der Waals surface area contributed by atoms with Gasteiger partial charge in [-0.1, -0.05) is 17.7 Å². The van der Waals surface area contributed by atoms with E-state index in [9.17, 15) is 13.2 Å². The molecule has 8 rings (SSSR count). The van der Waals surface area contributed by atoms with Gasteiger partial charge < -0.3 is 14.7 Å². The van der Waals surface area contributed by atoms with E-state index in [1.807, 2.05) is 0 Å².